The minimum Gasteiger partial charge on any atom is -0.303 e. The SMILES string of the molecule is Cc1ccc(CN2C(=O)N/C(=C/c3ccccc3C)C2=O)cc1. The van der Waals surface area contributed by atoms with E-state index in [0.29, 0.717) is 5.70 Å². The minimum absolute atomic E-state index is 0.274. The van der Waals surface area contributed by atoms with Crippen LogP contribution in [0.25, 0.3) is 6.08 Å². The van der Waals surface area contributed by atoms with E-state index in [1.165, 1.54) is 4.90 Å². The molecule has 1 aliphatic heterocycles. The third kappa shape index (κ3) is 3.16. The molecule has 0 radical (unpaired) electrons. The Morgan fingerprint density at radius 1 is 1.00 bits per heavy atom. The first-order chi connectivity index (χ1) is 11.0. The summed E-state index contributed by atoms with van der Waals surface area (Å²) in [6, 6.07) is 15.2. The molecule has 0 spiro atoms. The van der Waals surface area contributed by atoms with Crippen molar-refractivity contribution >= 4 is 18.0 Å². The first kappa shape index (κ1) is 15.0. The summed E-state index contributed by atoms with van der Waals surface area (Å²) in [5.74, 6) is -0.293. The van der Waals surface area contributed by atoms with E-state index in [0.717, 1.165) is 22.3 Å². The number of carbonyl (C=O) groups is 2. The van der Waals surface area contributed by atoms with Gasteiger partial charge in [0.25, 0.3) is 5.91 Å². The summed E-state index contributed by atoms with van der Waals surface area (Å²) in [5, 5.41) is 2.66. The number of hydrogen-bond donors (Lipinski definition) is 1. The van der Waals surface area contributed by atoms with Crippen LogP contribution in [0.1, 0.15) is 22.3 Å². The highest BCUT2D eigenvalue weighted by Gasteiger charge is 2.33. The lowest BCUT2D eigenvalue weighted by molar-refractivity contribution is -0.123. The Hall–Kier alpha value is -2.88. The van der Waals surface area contributed by atoms with Crippen molar-refractivity contribution in [3.05, 3.63) is 76.5 Å². The van der Waals surface area contributed by atoms with E-state index in [4.69, 9.17) is 0 Å². The molecule has 0 unspecified atom stereocenters. The zero-order valence-corrected chi connectivity index (χ0v) is 13.2. The normalized spacial score (nSPS) is 16.1. The van der Waals surface area contributed by atoms with Gasteiger partial charge in [0, 0.05) is 0 Å². The first-order valence-corrected chi connectivity index (χ1v) is 7.50. The average molecular weight is 306 g/mol. The molecule has 0 saturated carbocycles. The molecule has 1 fully saturated rings. The summed E-state index contributed by atoms with van der Waals surface area (Å²) >= 11 is 0. The largest absolute Gasteiger partial charge is 0.329 e. The van der Waals surface area contributed by atoms with Gasteiger partial charge in [-0.25, -0.2) is 4.79 Å². The van der Waals surface area contributed by atoms with E-state index in [1.807, 2.05) is 62.4 Å². The van der Waals surface area contributed by atoms with Crippen molar-refractivity contribution < 1.29 is 9.59 Å². The number of imide groups is 1. The number of rotatable bonds is 3. The lowest BCUT2D eigenvalue weighted by Gasteiger charge is -2.11. The van der Waals surface area contributed by atoms with Gasteiger partial charge in [-0.2, -0.15) is 0 Å². The highest BCUT2D eigenvalue weighted by atomic mass is 16.2. The van der Waals surface area contributed by atoms with Gasteiger partial charge >= 0.3 is 6.03 Å². The van der Waals surface area contributed by atoms with Crippen molar-refractivity contribution in [3.63, 3.8) is 0 Å². The van der Waals surface area contributed by atoms with E-state index < -0.39 is 0 Å². The Bertz CT molecular complexity index is 791. The molecule has 0 aromatic heterocycles. The number of aryl methyl sites for hydroxylation is 2. The molecule has 1 aliphatic rings. The van der Waals surface area contributed by atoms with Gasteiger partial charge in [0.15, 0.2) is 0 Å². The fraction of sp³-hybridized carbons (Fsp3) is 0.158. The lowest BCUT2D eigenvalue weighted by atomic mass is 10.1. The molecule has 0 atom stereocenters. The van der Waals surface area contributed by atoms with Crippen LogP contribution in [0, 0.1) is 13.8 Å². The molecule has 3 rings (SSSR count). The Morgan fingerprint density at radius 3 is 2.39 bits per heavy atom. The Balaban J connectivity index is 1.82. The standard InChI is InChI=1S/C19H18N2O2/c1-13-7-9-15(10-8-13)12-21-18(22)17(20-19(21)23)11-16-6-4-3-5-14(16)2/h3-11H,12H2,1-2H3,(H,20,23)/b17-11+. The predicted molar refractivity (Wildman–Crippen MR) is 89.4 cm³/mol. The molecule has 1 N–H and O–H groups in total. The number of nitrogens with zero attached hydrogens (tertiary/aromatic N) is 1. The molecule has 3 amide bonds. The zero-order valence-electron chi connectivity index (χ0n) is 13.2. The van der Waals surface area contributed by atoms with Gasteiger partial charge in [0.05, 0.1) is 6.54 Å². The highest BCUT2D eigenvalue weighted by molar-refractivity contribution is 6.13. The number of hydrogen-bond acceptors (Lipinski definition) is 2. The summed E-state index contributed by atoms with van der Waals surface area (Å²) in [4.78, 5) is 25.8. The maximum absolute atomic E-state index is 12.5. The fourth-order valence-corrected chi connectivity index (χ4v) is 2.50. The van der Waals surface area contributed by atoms with Crippen LogP contribution in [-0.2, 0) is 11.3 Å². The summed E-state index contributed by atoms with van der Waals surface area (Å²) in [6.45, 7) is 4.24. The monoisotopic (exact) mass is 306 g/mol. The zero-order chi connectivity index (χ0) is 16.4. The van der Waals surface area contributed by atoms with Gasteiger partial charge < -0.3 is 5.32 Å². The average Bonchev–Trinajstić information content (AvgIpc) is 2.79. The van der Waals surface area contributed by atoms with Crippen LogP contribution in [0.3, 0.4) is 0 Å². The predicted octanol–water partition coefficient (Wildman–Crippen LogP) is 3.40. The smallest absolute Gasteiger partial charge is 0.303 e. The third-order valence-electron chi connectivity index (χ3n) is 3.91. The van der Waals surface area contributed by atoms with E-state index in [1.54, 1.807) is 6.08 Å². The molecule has 4 heteroatoms. The summed E-state index contributed by atoms with van der Waals surface area (Å²) in [5.41, 5.74) is 4.37. The molecule has 2 aromatic rings. The second-order valence-electron chi connectivity index (χ2n) is 5.72. The van der Waals surface area contributed by atoms with Crippen LogP contribution in [-0.4, -0.2) is 16.8 Å². The second kappa shape index (κ2) is 6.08. The second-order valence-corrected chi connectivity index (χ2v) is 5.72. The molecular weight excluding hydrogens is 288 g/mol. The third-order valence-corrected chi connectivity index (χ3v) is 3.91. The fourth-order valence-electron chi connectivity index (χ4n) is 2.50. The van der Waals surface area contributed by atoms with Crippen molar-refractivity contribution in [2.24, 2.45) is 0 Å². The van der Waals surface area contributed by atoms with Crippen LogP contribution in [0.5, 0.6) is 0 Å². The number of urea groups is 1. The van der Waals surface area contributed by atoms with Crippen molar-refractivity contribution in [1.29, 1.82) is 0 Å². The van der Waals surface area contributed by atoms with Crippen molar-refractivity contribution in [2.75, 3.05) is 0 Å². The Morgan fingerprint density at radius 2 is 1.70 bits per heavy atom. The summed E-state index contributed by atoms with van der Waals surface area (Å²) in [7, 11) is 0. The quantitative estimate of drug-likeness (QED) is 0.698. The van der Waals surface area contributed by atoms with Crippen LogP contribution < -0.4 is 5.32 Å². The minimum atomic E-state index is -0.379. The van der Waals surface area contributed by atoms with Crippen molar-refractivity contribution in [2.45, 2.75) is 20.4 Å². The van der Waals surface area contributed by atoms with Crippen LogP contribution in [0.4, 0.5) is 4.79 Å². The van der Waals surface area contributed by atoms with Crippen LogP contribution in [0.2, 0.25) is 0 Å². The summed E-state index contributed by atoms with van der Waals surface area (Å²) < 4.78 is 0. The summed E-state index contributed by atoms with van der Waals surface area (Å²) in [6.07, 6.45) is 1.73. The maximum Gasteiger partial charge on any atom is 0.329 e. The van der Waals surface area contributed by atoms with E-state index in [-0.39, 0.29) is 18.5 Å². The number of benzene rings is 2. The lowest BCUT2D eigenvalue weighted by Crippen LogP contribution is -2.30. The maximum atomic E-state index is 12.5. The van der Waals surface area contributed by atoms with Crippen LogP contribution in [0.15, 0.2) is 54.2 Å². The van der Waals surface area contributed by atoms with Crippen molar-refractivity contribution in [1.82, 2.24) is 10.2 Å². The van der Waals surface area contributed by atoms with Gasteiger partial charge in [-0.05, 0) is 36.6 Å². The van der Waals surface area contributed by atoms with E-state index in [9.17, 15) is 9.59 Å². The molecule has 23 heavy (non-hydrogen) atoms. The molecule has 0 bridgehead atoms. The Labute approximate surface area is 135 Å². The molecular formula is C19H18N2O2. The van der Waals surface area contributed by atoms with Gasteiger partial charge in [-0.15, -0.1) is 0 Å². The number of nitrogens with one attached hydrogen (secondary N) is 1. The molecule has 4 nitrogen and oxygen atoms in total. The van der Waals surface area contributed by atoms with Crippen molar-refractivity contribution in [3.8, 4) is 0 Å². The van der Waals surface area contributed by atoms with Gasteiger partial charge in [-0.3, -0.25) is 9.69 Å². The van der Waals surface area contributed by atoms with E-state index in [2.05, 4.69) is 5.32 Å². The topological polar surface area (TPSA) is 49.4 Å². The number of carbonyl (C=O) groups excluding carboxylic acids is 2. The van der Waals surface area contributed by atoms with Gasteiger partial charge in [0.2, 0.25) is 0 Å². The molecule has 2 aromatic carbocycles. The first-order valence-electron chi connectivity index (χ1n) is 7.50. The van der Waals surface area contributed by atoms with Crippen LogP contribution >= 0.6 is 0 Å². The Kier molecular flexibility index (Phi) is 3.98. The number of amides is 3. The highest BCUT2D eigenvalue weighted by Crippen LogP contribution is 2.18. The molecule has 116 valence electrons. The molecule has 0 aliphatic carbocycles. The molecule has 1 heterocycles. The van der Waals surface area contributed by atoms with Gasteiger partial charge in [-0.1, -0.05) is 54.1 Å². The molecule has 1 saturated heterocycles. The van der Waals surface area contributed by atoms with Gasteiger partial charge in [0.1, 0.15) is 5.70 Å². The van der Waals surface area contributed by atoms with E-state index >= 15 is 0 Å².